The Kier molecular flexibility index (Phi) is 7.90. The van der Waals surface area contributed by atoms with E-state index >= 15 is 0 Å². The number of hydrogen-bond acceptors (Lipinski definition) is 10. The molecule has 6 atom stereocenters. The number of hydrogen-bond donors (Lipinski definition) is 4. The molecule has 0 amide bonds. The molecule has 1 unspecified atom stereocenters. The number of carbonyl (C=O) groups excluding carboxylic acids is 2. The molecule has 24 heavy (non-hydrogen) atoms. The van der Waals surface area contributed by atoms with Gasteiger partial charge in [0.05, 0.1) is 25.9 Å². The lowest BCUT2D eigenvalue weighted by atomic mass is 9.90. The van der Waals surface area contributed by atoms with Crippen LogP contribution in [-0.2, 0) is 23.8 Å². The van der Waals surface area contributed by atoms with Gasteiger partial charge in [-0.2, -0.15) is 0 Å². The van der Waals surface area contributed by atoms with E-state index in [2.05, 4.69) is 0 Å². The summed E-state index contributed by atoms with van der Waals surface area (Å²) in [6.45, 7) is 2.24. The van der Waals surface area contributed by atoms with E-state index in [1.165, 1.54) is 7.11 Å². The summed E-state index contributed by atoms with van der Waals surface area (Å²) in [6.07, 6.45) is -5.35. The van der Waals surface area contributed by atoms with Crippen molar-refractivity contribution in [2.24, 2.45) is 5.73 Å². The van der Waals surface area contributed by atoms with Crippen LogP contribution in [0, 0.1) is 0 Å². The van der Waals surface area contributed by atoms with E-state index in [-0.39, 0.29) is 6.42 Å². The largest absolute Gasteiger partial charge is 0.466 e. The molecule has 0 aromatic heterocycles. The molecular weight excluding hydrogens is 342 g/mol. The third-order valence-electron chi connectivity index (χ3n) is 3.72. The Labute approximate surface area is 144 Å². The van der Waals surface area contributed by atoms with Gasteiger partial charge < -0.3 is 35.3 Å². The second-order valence-electron chi connectivity index (χ2n) is 5.43. The van der Waals surface area contributed by atoms with Crippen LogP contribution in [0.5, 0.6) is 0 Å². The minimum Gasteiger partial charge on any atom is -0.466 e. The lowest BCUT2D eigenvalue weighted by Gasteiger charge is -2.46. The highest BCUT2D eigenvalue weighted by Crippen LogP contribution is 2.40. The molecular formula is C14H25NO8S. The zero-order valence-corrected chi connectivity index (χ0v) is 14.7. The normalized spacial score (nSPS) is 32.7. The Hall–Kier alpha value is -0.910. The van der Waals surface area contributed by atoms with Gasteiger partial charge in [0.25, 0.3) is 0 Å². The number of rotatable bonds is 7. The first-order valence-electron chi connectivity index (χ1n) is 7.52. The fraction of sp³-hybridized carbons (Fsp3) is 0.857. The molecule has 0 aliphatic carbocycles. The Morgan fingerprint density at radius 3 is 2.58 bits per heavy atom. The van der Waals surface area contributed by atoms with Crippen LogP contribution < -0.4 is 5.73 Å². The summed E-state index contributed by atoms with van der Waals surface area (Å²) < 4.78 is 15.3. The van der Waals surface area contributed by atoms with Crippen molar-refractivity contribution in [3.05, 3.63) is 0 Å². The van der Waals surface area contributed by atoms with Gasteiger partial charge >= 0.3 is 11.9 Å². The fourth-order valence-electron chi connectivity index (χ4n) is 2.59. The minimum atomic E-state index is -1.54. The quantitative estimate of drug-likeness (QED) is 0.386. The highest BCUT2D eigenvalue weighted by Gasteiger charge is 2.54. The van der Waals surface area contributed by atoms with Gasteiger partial charge in [0.2, 0.25) is 4.93 Å². The second kappa shape index (κ2) is 8.97. The van der Waals surface area contributed by atoms with Gasteiger partial charge in [-0.05, 0) is 5.75 Å². The van der Waals surface area contributed by atoms with Crippen LogP contribution in [0.4, 0.5) is 0 Å². The number of esters is 2. The van der Waals surface area contributed by atoms with Gasteiger partial charge in [0, 0.05) is 13.3 Å². The van der Waals surface area contributed by atoms with Crippen molar-refractivity contribution < 1.29 is 39.1 Å². The van der Waals surface area contributed by atoms with Crippen LogP contribution in [0.25, 0.3) is 0 Å². The second-order valence-corrected chi connectivity index (χ2v) is 6.96. The summed E-state index contributed by atoms with van der Waals surface area (Å²) >= 11 is 1.10. The maximum absolute atomic E-state index is 12.2. The van der Waals surface area contributed by atoms with Crippen molar-refractivity contribution in [2.75, 3.05) is 19.5 Å². The summed E-state index contributed by atoms with van der Waals surface area (Å²) in [6, 6.07) is -1.04. The van der Waals surface area contributed by atoms with Crippen LogP contribution in [0.2, 0.25) is 0 Å². The number of ether oxygens (including phenoxy) is 3. The Bertz CT molecular complexity index is 450. The maximum Gasteiger partial charge on any atom is 0.348 e. The number of aliphatic hydroxyl groups excluding tert-OH is 3. The third kappa shape index (κ3) is 4.58. The molecule has 9 nitrogen and oxygen atoms in total. The lowest BCUT2D eigenvalue weighted by molar-refractivity contribution is -0.208. The van der Waals surface area contributed by atoms with Crippen molar-refractivity contribution >= 4 is 23.7 Å². The number of thioether (sulfide) groups is 1. The van der Waals surface area contributed by atoms with E-state index in [0.29, 0.717) is 5.75 Å². The average Bonchev–Trinajstić information content (AvgIpc) is 2.54. The van der Waals surface area contributed by atoms with Crippen LogP contribution in [0.3, 0.4) is 0 Å². The van der Waals surface area contributed by atoms with E-state index in [4.69, 9.17) is 19.9 Å². The molecule has 1 heterocycles. The topological polar surface area (TPSA) is 149 Å². The van der Waals surface area contributed by atoms with Gasteiger partial charge in [0.1, 0.15) is 12.2 Å². The van der Waals surface area contributed by atoms with Crippen molar-refractivity contribution in [3.63, 3.8) is 0 Å². The maximum atomic E-state index is 12.2. The Morgan fingerprint density at radius 2 is 2.12 bits per heavy atom. The summed E-state index contributed by atoms with van der Waals surface area (Å²) in [7, 11) is 1.19. The predicted molar refractivity (Wildman–Crippen MR) is 85.0 cm³/mol. The van der Waals surface area contributed by atoms with Crippen LogP contribution >= 0.6 is 11.8 Å². The first-order valence-corrected chi connectivity index (χ1v) is 8.51. The molecule has 1 aliphatic rings. The molecule has 1 saturated heterocycles. The minimum absolute atomic E-state index is 0.111. The molecule has 5 N–H and O–H groups in total. The van der Waals surface area contributed by atoms with E-state index in [1.54, 1.807) is 6.92 Å². The standard InChI is InChI=1S/C14H25NO8S/c1-4-24-14(13(20)21-3)5-8(18)10(15)12(23-14)11(19)9(6-16)22-7(2)17/h8-12,16,18-19H,4-6,15H2,1-3H3/t8-,9-,10-,11-,12?,14+/m1/s1. The number of aliphatic hydroxyl groups is 3. The highest BCUT2D eigenvalue weighted by molar-refractivity contribution is 8.01. The van der Waals surface area contributed by atoms with Crippen LogP contribution in [-0.4, -0.2) is 82.1 Å². The summed E-state index contributed by atoms with van der Waals surface area (Å²) in [5.74, 6) is -0.946. The zero-order valence-electron chi connectivity index (χ0n) is 13.9. The molecule has 140 valence electrons. The van der Waals surface area contributed by atoms with E-state index in [9.17, 15) is 24.9 Å². The first-order chi connectivity index (χ1) is 11.2. The first kappa shape index (κ1) is 21.1. The van der Waals surface area contributed by atoms with E-state index in [1.807, 2.05) is 0 Å². The molecule has 10 heteroatoms. The Balaban J connectivity index is 3.10. The van der Waals surface area contributed by atoms with E-state index < -0.39 is 53.9 Å². The smallest absolute Gasteiger partial charge is 0.348 e. The molecule has 1 fully saturated rings. The summed E-state index contributed by atoms with van der Waals surface area (Å²) in [5.41, 5.74) is 5.89. The number of nitrogens with two attached hydrogens (primary N) is 1. The molecule has 1 rings (SSSR count). The van der Waals surface area contributed by atoms with Gasteiger partial charge in [-0.1, -0.05) is 6.92 Å². The molecule has 0 bridgehead atoms. The number of carbonyl (C=O) groups is 2. The van der Waals surface area contributed by atoms with Crippen molar-refractivity contribution in [2.45, 2.75) is 55.7 Å². The van der Waals surface area contributed by atoms with Gasteiger partial charge in [0.15, 0.2) is 6.10 Å². The monoisotopic (exact) mass is 367 g/mol. The summed E-state index contributed by atoms with van der Waals surface area (Å²) in [4.78, 5) is 21.7. The van der Waals surface area contributed by atoms with Crippen molar-refractivity contribution in [3.8, 4) is 0 Å². The van der Waals surface area contributed by atoms with Crippen LogP contribution in [0.1, 0.15) is 20.3 Å². The van der Waals surface area contributed by atoms with Gasteiger partial charge in [-0.25, -0.2) is 4.79 Å². The summed E-state index contributed by atoms with van der Waals surface area (Å²) in [5, 5.41) is 30.0. The average molecular weight is 367 g/mol. The van der Waals surface area contributed by atoms with Crippen LogP contribution in [0.15, 0.2) is 0 Å². The van der Waals surface area contributed by atoms with Gasteiger partial charge in [-0.3, -0.25) is 4.79 Å². The molecule has 0 aromatic rings. The Morgan fingerprint density at radius 1 is 1.50 bits per heavy atom. The molecule has 0 spiro atoms. The SMILES string of the molecule is CCS[C@]1(C(=O)OC)C[C@@H](O)[C@@H](N)C([C@H](O)[C@@H](CO)OC(C)=O)O1. The fourth-order valence-corrected chi connectivity index (χ4v) is 3.72. The van der Waals surface area contributed by atoms with Crippen molar-refractivity contribution in [1.29, 1.82) is 0 Å². The zero-order chi connectivity index (χ0) is 18.5. The molecule has 0 radical (unpaired) electrons. The molecule has 0 saturated carbocycles. The lowest BCUT2D eigenvalue weighted by Crippen LogP contribution is -2.65. The van der Waals surface area contributed by atoms with Crippen molar-refractivity contribution in [1.82, 2.24) is 0 Å². The third-order valence-corrected chi connectivity index (χ3v) is 4.90. The molecule has 1 aliphatic heterocycles. The highest BCUT2D eigenvalue weighted by atomic mass is 32.2. The predicted octanol–water partition coefficient (Wildman–Crippen LogP) is -1.63. The van der Waals surface area contributed by atoms with E-state index in [0.717, 1.165) is 18.7 Å². The number of methoxy groups -OCH3 is 1. The van der Waals surface area contributed by atoms with Gasteiger partial charge in [-0.15, -0.1) is 11.8 Å². The molecule has 0 aromatic carbocycles.